The first-order valence-electron chi connectivity index (χ1n) is 4.69. The van der Waals surface area contributed by atoms with Gasteiger partial charge in [-0.3, -0.25) is 4.79 Å². The molecule has 0 saturated carbocycles. The Morgan fingerprint density at radius 3 is 2.77 bits per heavy atom. The molecule has 4 nitrogen and oxygen atoms in total. The van der Waals surface area contributed by atoms with E-state index in [1.54, 1.807) is 6.92 Å². The molecule has 0 amide bonds. The van der Waals surface area contributed by atoms with Crippen molar-refractivity contribution >= 4 is 5.97 Å². The van der Waals surface area contributed by atoms with Crippen LogP contribution in [0.2, 0.25) is 0 Å². The van der Waals surface area contributed by atoms with Crippen LogP contribution in [0.25, 0.3) is 0 Å². The monoisotopic (exact) mass is 188 g/mol. The maximum Gasteiger partial charge on any atom is 0.311 e. The van der Waals surface area contributed by atoms with Crippen LogP contribution in [0.1, 0.15) is 26.2 Å². The van der Waals surface area contributed by atoms with Crippen molar-refractivity contribution in [2.75, 3.05) is 6.61 Å². The van der Waals surface area contributed by atoms with Crippen LogP contribution < -0.4 is 0 Å². The summed E-state index contributed by atoms with van der Waals surface area (Å²) in [5, 5.41) is 18.4. The summed E-state index contributed by atoms with van der Waals surface area (Å²) in [4.78, 5) is 10.8. The van der Waals surface area contributed by atoms with Gasteiger partial charge < -0.3 is 14.9 Å². The van der Waals surface area contributed by atoms with Crippen LogP contribution in [0.3, 0.4) is 0 Å². The molecule has 1 fully saturated rings. The zero-order valence-electron chi connectivity index (χ0n) is 7.77. The maximum atomic E-state index is 10.8. The van der Waals surface area contributed by atoms with Crippen LogP contribution in [-0.4, -0.2) is 35.0 Å². The molecule has 13 heavy (non-hydrogen) atoms. The summed E-state index contributed by atoms with van der Waals surface area (Å²) in [6.45, 7) is 2.39. The van der Waals surface area contributed by atoms with Crippen molar-refractivity contribution in [3.63, 3.8) is 0 Å². The minimum atomic E-state index is -0.957. The van der Waals surface area contributed by atoms with Gasteiger partial charge in [0.2, 0.25) is 0 Å². The number of hydrogen-bond donors (Lipinski definition) is 2. The molecule has 2 N–H and O–H groups in total. The zero-order chi connectivity index (χ0) is 9.84. The van der Waals surface area contributed by atoms with Gasteiger partial charge in [-0.25, -0.2) is 0 Å². The van der Waals surface area contributed by atoms with Crippen molar-refractivity contribution in [1.82, 2.24) is 0 Å². The number of aliphatic carboxylic acids is 1. The summed E-state index contributed by atoms with van der Waals surface area (Å²) in [6.07, 6.45) is 1.00. The fourth-order valence-electron chi connectivity index (χ4n) is 1.71. The number of rotatable bonds is 4. The minimum Gasteiger partial charge on any atom is -0.481 e. The van der Waals surface area contributed by atoms with Crippen LogP contribution in [0.15, 0.2) is 0 Å². The second-order valence-electron chi connectivity index (χ2n) is 3.39. The summed E-state index contributed by atoms with van der Waals surface area (Å²) in [7, 11) is 0. The third-order valence-corrected chi connectivity index (χ3v) is 2.48. The second kappa shape index (κ2) is 4.58. The summed E-state index contributed by atoms with van der Waals surface area (Å²) >= 11 is 0. The summed E-state index contributed by atoms with van der Waals surface area (Å²) < 4.78 is 5.26. The summed E-state index contributed by atoms with van der Waals surface area (Å²) in [5.41, 5.74) is 0. The predicted octanol–water partition coefficient (Wildman–Crippen LogP) is 0.637. The van der Waals surface area contributed by atoms with Crippen molar-refractivity contribution in [1.29, 1.82) is 0 Å². The number of aliphatic hydroxyl groups is 1. The quantitative estimate of drug-likeness (QED) is 0.679. The van der Waals surface area contributed by atoms with Gasteiger partial charge >= 0.3 is 5.97 Å². The third-order valence-electron chi connectivity index (χ3n) is 2.48. The molecule has 76 valence electrons. The van der Waals surface area contributed by atoms with Gasteiger partial charge in [0.05, 0.1) is 12.2 Å². The first-order chi connectivity index (χ1) is 6.16. The average molecular weight is 188 g/mol. The van der Waals surface area contributed by atoms with E-state index in [-0.39, 0.29) is 6.10 Å². The summed E-state index contributed by atoms with van der Waals surface area (Å²) in [6, 6.07) is 0. The van der Waals surface area contributed by atoms with E-state index in [0.29, 0.717) is 13.0 Å². The molecule has 0 bridgehead atoms. The van der Waals surface area contributed by atoms with E-state index in [2.05, 4.69) is 0 Å². The molecular weight excluding hydrogens is 172 g/mol. The minimum absolute atomic E-state index is 0.299. The lowest BCUT2D eigenvalue weighted by Gasteiger charge is -2.22. The lowest BCUT2D eigenvalue weighted by atomic mass is 9.92. The highest BCUT2D eigenvalue weighted by Gasteiger charge is 2.36. The Bertz CT molecular complexity index is 174. The summed E-state index contributed by atoms with van der Waals surface area (Å²) in [5.74, 6) is -1.71. The van der Waals surface area contributed by atoms with Gasteiger partial charge in [-0.05, 0) is 19.3 Å². The van der Waals surface area contributed by atoms with Crippen LogP contribution in [0.4, 0.5) is 0 Å². The Balaban J connectivity index is 2.60. The van der Waals surface area contributed by atoms with Crippen LogP contribution in [-0.2, 0) is 9.53 Å². The Labute approximate surface area is 77.5 Å². The standard InChI is InChI=1S/C9H16O4/c1-2-6(10)8(9(11)12)7-4-3-5-13-7/h6-8,10H,2-5H2,1H3,(H,11,12). The number of ether oxygens (including phenoxy) is 1. The van der Waals surface area contributed by atoms with E-state index < -0.39 is 18.0 Å². The third kappa shape index (κ3) is 2.42. The number of hydrogen-bond acceptors (Lipinski definition) is 3. The smallest absolute Gasteiger partial charge is 0.311 e. The SMILES string of the molecule is CCC(O)C(C(=O)O)C1CCCO1. The lowest BCUT2D eigenvalue weighted by molar-refractivity contribution is -0.152. The van der Waals surface area contributed by atoms with E-state index in [1.165, 1.54) is 0 Å². The van der Waals surface area contributed by atoms with Gasteiger partial charge in [0.1, 0.15) is 5.92 Å². The van der Waals surface area contributed by atoms with Gasteiger partial charge in [0.15, 0.2) is 0 Å². The fourth-order valence-corrected chi connectivity index (χ4v) is 1.71. The van der Waals surface area contributed by atoms with Crippen LogP contribution in [0.5, 0.6) is 0 Å². The number of carboxylic acid groups (broad SMARTS) is 1. The Kier molecular flexibility index (Phi) is 3.69. The predicted molar refractivity (Wildman–Crippen MR) is 46.4 cm³/mol. The molecule has 1 heterocycles. The topological polar surface area (TPSA) is 66.8 Å². The van der Waals surface area contributed by atoms with Gasteiger partial charge in [0.25, 0.3) is 0 Å². The fraction of sp³-hybridized carbons (Fsp3) is 0.889. The van der Waals surface area contributed by atoms with E-state index in [9.17, 15) is 9.90 Å². The Morgan fingerprint density at radius 1 is 1.69 bits per heavy atom. The lowest BCUT2D eigenvalue weighted by Crippen LogP contribution is -2.37. The highest BCUT2D eigenvalue weighted by Crippen LogP contribution is 2.24. The molecule has 3 unspecified atom stereocenters. The molecule has 0 aliphatic carbocycles. The first kappa shape index (κ1) is 10.5. The van der Waals surface area contributed by atoms with E-state index >= 15 is 0 Å². The average Bonchev–Trinajstić information content (AvgIpc) is 2.56. The van der Waals surface area contributed by atoms with Crippen molar-refractivity contribution in [2.45, 2.75) is 38.4 Å². The van der Waals surface area contributed by atoms with E-state index in [0.717, 1.165) is 12.8 Å². The highest BCUT2D eigenvalue weighted by atomic mass is 16.5. The molecule has 1 aliphatic heterocycles. The number of aliphatic hydroxyl groups excluding tert-OH is 1. The van der Waals surface area contributed by atoms with Gasteiger partial charge in [-0.2, -0.15) is 0 Å². The number of carboxylic acids is 1. The van der Waals surface area contributed by atoms with Crippen molar-refractivity contribution in [3.8, 4) is 0 Å². The van der Waals surface area contributed by atoms with Crippen molar-refractivity contribution in [3.05, 3.63) is 0 Å². The van der Waals surface area contributed by atoms with Crippen LogP contribution in [0, 0.1) is 5.92 Å². The molecule has 0 aromatic rings. The largest absolute Gasteiger partial charge is 0.481 e. The molecule has 0 aromatic carbocycles. The van der Waals surface area contributed by atoms with E-state index in [4.69, 9.17) is 9.84 Å². The van der Waals surface area contributed by atoms with E-state index in [1.807, 2.05) is 0 Å². The normalized spacial score (nSPS) is 27.1. The molecule has 0 aromatic heterocycles. The Morgan fingerprint density at radius 2 is 2.38 bits per heavy atom. The molecule has 0 spiro atoms. The highest BCUT2D eigenvalue weighted by molar-refractivity contribution is 5.71. The number of carbonyl (C=O) groups is 1. The van der Waals surface area contributed by atoms with Gasteiger partial charge in [-0.1, -0.05) is 6.92 Å². The first-order valence-corrected chi connectivity index (χ1v) is 4.69. The second-order valence-corrected chi connectivity index (χ2v) is 3.39. The zero-order valence-corrected chi connectivity index (χ0v) is 7.77. The maximum absolute atomic E-state index is 10.8. The van der Waals surface area contributed by atoms with Gasteiger partial charge in [-0.15, -0.1) is 0 Å². The molecular formula is C9H16O4. The molecule has 1 rings (SSSR count). The molecule has 3 atom stereocenters. The molecule has 0 radical (unpaired) electrons. The van der Waals surface area contributed by atoms with Crippen molar-refractivity contribution < 1.29 is 19.7 Å². The van der Waals surface area contributed by atoms with Crippen LogP contribution >= 0.6 is 0 Å². The van der Waals surface area contributed by atoms with Crippen molar-refractivity contribution in [2.24, 2.45) is 5.92 Å². The Hall–Kier alpha value is -0.610. The molecule has 4 heteroatoms. The molecule has 1 saturated heterocycles. The van der Waals surface area contributed by atoms with Gasteiger partial charge in [0, 0.05) is 6.61 Å². The molecule has 1 aliphatic rings.